The first kappa shape index (κ1) is 20.3. The van der Waals surface area contributed by atoms with Gasteiger partial charge < -0.3 is 15.0 Å². The predicted octanol–water partition coefficient (Wildman–Crippen LogP) is 4.23. The molecule has 2 aromatic carbocycles. The lowest BCUT2D eigenvalue weighted by molar-refractivity contribution is 0.0941. The Balaban J connectivity index is 2.05. The van der Waals surface area contributed by atoms with Crippen LogP contribution in [0.25, 0.3) is 0 Å². The summed E-state index contributed by atoms with van der Waals surface area (Å²) in [6.07, 6.45) is 0. The van der Waals surface area contributed by atoms with Gasteiger partial charge >= 0.3 is 0 Å². The van der Waals surface area contributed by atoms with Crippen LogP contribution in [0.15, 0.2) is 53.4 Å². The highest BCUT2D eigenvalue weighted by atomic mass is 32.2. The summed E-state index contributed by atoms with van der Waals surface area (Å²) in [6, 6.07) is 15.7. The lowest BCUT2D eigenvalue weighted by Crippen LogP contribution is -2.34. The zero-order valence-electron chi connectivity index (χ0n) is 16.2. The van der Waals surface area contributed by atoms with Gasteiger partial charge in [0.2, 0.25) is 0 Å². The molecule has 26 heavy (non-hydrogen) atoms. The van der Waals surface area contributed by atoms with Crippen molar-refractivity contribution in [2.24, 2.45) is 0 Å². The Morgan fingerprint density at radius 1 is 1.12 bits per heavy atom. The van der Waals surface area contributed by atoms with Crippen LogP contribution in [0.4, 0.5) is 0 Å². The number of carbonyl (C=O) groups is 1. The van der Waals surface area contributed by atoms with E-state index in [0.29, 0.717) is 17.4 Å². The third-order valence-electron chi connectivity index (χ3n) is 4.07. The topological polar surface area (TPSA) is 41.6 Å². The van der Waals surface area contributed by atoms with Gasteiger partial charge in [-0.05, 0) is 44.4 Å². The van der Waals surface area contributed by atoms with Crippen molar-refractivity contribution in [2.45, 2.75) is 30.0 Å². The molecule has 0 saturated heterocycles. The number of hydrogen-bond acceptors (Lipinski definition) is 4. The van der Waals surface area contributed by atoms with E-state index in [9.17, 15) is 4.79 Å². The van der Waals surface area contributed by atoms with E-state index in [0.717, 1.165) is 11.3 Å². The zero-order chi connectivity index (χ0) is 19.1. The third kappa shape index (κ3) is 5.51. The summed E-state index contributed by atoms with van der Waals surface area (Å²) in [6.45, 7) is 4.82. The molecule has 1 atom stereocenters. The van der Waals surface area contributed by atoms with Crippen molar-refractivity contribution in [3.05, 3.63) is 59.7 Å². The second kappa shape index (κ2) is 9.64. The average Bonchev–Trinajstić information content (AvgIpc) is 2.62. The first-order valence-corrected chi connectivity index (χ1v) is 9.64. The summed E-state index contributed by atoms with van der Waals surface area (Å²) < 4.78 is 5.47. The van der Waals surface area contributed by atoms with Crippen molar-refractivity contribution in [2.75, 3.05) is 27.7 Å². The number of carbonyl (C=O) groups excluding carboxylic acids is 1. The molecule has 0 fully saturated rings. The van der Waals surface area contributed by atoms with E-state index >= 15 is 0 Å². The number of nitrogens with one attached hydrogen (secondary N) is 1. The average molecular weight is 373 g/mol. The number of likely N-dealkylation sites (N-methyl/N-ethyl adjacent to an activating group) is 1. The van der Waals surface area contributed by atoms with Crippen molar-refractivity contribution in [1.82, 2.24) is 10.2 Å². The molecule has 0 radical (unpaired) electrons. The molecule has 0 aromatic heterocycles. The Kier molecular flexibility index (Phi) is 7.54. The summed E-state index contributed by atoms with van der Waals surface area (Å²) in [5, 5.41) is 3.57. The molecule has 1 N–H and O–H groups in total. The van der Waals surface area contributed by atoms with Crippen LogP contribution in [0.2, 0.25) is 0 Å². The Morgan fingerprint density at radius 3 is 2.35 bits per heavy atom. The van der Waals surface area contributed by atoms with Gasteiger partial charge in [-0.1, -0.05) is 32.0 Å². The van der Waals surface area contributed by atoms with E-state index in [4.69, 9.17) is 4.74 Å². The van der Waals surface area contributed by atoms with Gasteiger partial charge in [0.1, 0.15) is 5.75 Å². The number of thioether (sulfide) groups is 1. The van der Waals surface area contributed by atoms with E-state index in [1.54, 1.807) is 18.9 Å². The number of amides is 1. The van der Waals surface area contributed by atoms with Crippen molar-refractivity contribution >= 4 is 17.7 Å². The fourth-order valence-corrected chi connectivity index (χ4v) is 3.60. The van der Waals surface area contributed by atoms with Crippen LogP contribution in [0.5, 0.6) is 5.75 Å². The Hall–Kier alpha value is -1.98. The zero-order valence-corrected chi connectivity index (χ0v) is 17.0. The summed E-state index contributed by atoms with van der Waals surface area (Å²) in [5.41, 5.74) is 1.74. The first-order chi connectivity index (χ1) is 12.4. The number of ether oxygens (including phenoxy) is 1. The number of rotatable bonds is 8. The molecular formula is C21H28N2O2S. The van der Waals surface area contributed by atoms with Gasteiger partial charge in [-0.2, -0.15) is 0 Å². The number of hydrogen-bond donors (Lipinski definition) is 1. The third-order valence-corrected chi connectivity index (χ3v) is 5.08. The molecule has 1 amide bonds. The highest BCUT2D eigenvalue weighted by Crippen LogP contribution is 2.27. The molecule has 2 rings (SSSR count). The minimum absolute atomic E-state index is 0.0332. The molecule has 5 heteroatoms. The standard InChI is InChI=1S/C21H28N2O2S/c1-15(2)26-17-12-10-16(11-13-17)21(24)22-14-19(23(3)4)18-8-6-7-9-20(18)25-5/h6-13,15,19H,14H2,1-5H3,(H,22,24). The molecule has 0 heterocycles. The Labute approximate surface area is 160 Å². The molecule has 0 aliphatic heterocycles. The summed E-state index contributed by atoms with van der Waals surface area (Å²) in [4.78, 5) is 15.8. The molecule has 4 nitrogen and oxygen atoms in total. The van der Waals surface area contributed by atoms with Crippen LogP contribution in [0.1, 0.15) is 35.8 Å². The van der Waals surface area contributed by atoms with Crippen LogP contribution in [0.3, 0.4) is 0 Å². The Bertz CT molecular complexity index is 714. The predicted molar refractivity (Wildman–Crippen MR) is 109 cm³/mol. The first-order valence-electron chi connectivity index (χ1n) is 8.76. The molecule has 0 aliphatic carbocycles. The SMILES string of the molecule is COc1ccccc1C(CNC(=O)c1ccc(SC(C)C)cc1)N(C)C. The summed E-state index contributed by atoms with van der Waals surface area (Å²) in [7, 11) is 5.67. The van der Waals surface area contributed by atoms with Crippen LogP contribution in [-0.4, -0.2) is 43.8 Å². The van der Waals surface area contributed by atoms with Crippen molar-refractivity contribution < 1.29 is 9.53 Å². The fraction of sp³-hybridized carbons (Fsp3) is 0.381. The van der Waals surface area contributed by atoms with Gasteiger partial charge in [0.05, 0.1) is 13.2 Å². The molecule has 0 spiro atoms. The van der Waals surface area contributed by atoms with Crippen molar-refractivity contribution in [1.29, 1.82) is 0 Å². The van der Waals surface area contributed by atoms with Crippen molar-refractivity contribution in [3.63, 3.8) is 0 Å². The second-order valence-electron chi connectivity index (χ2n) is 6.62. The van der Waals surface area contributed by atoms with Gasteiger partial charge in [0, 0.05) is 27.8 Å². The molecule has 2 aromatic rings. The minimum Gasteiger partial charge on any atom is -0.496 e. The summed E-state index contributed by atoms with van der Waals surface area (Å²) >= 11 is 1.79. The number of para-hydroxylation sites is 1. The fourth-order valence-electron chi connectivity index (χ4n) is 2.76. The van der Waals surface area contributed by atoms with Crippen LogP contribution in [-0.2, 0) is 0 Å². The second-order valence-corrected chi connectivity index (χ2v) is 8.27. The van der Waals surface area contributed by atoms with E-state index in [2.05, 4.69) is 24.1 Å². The van der Waals surface area contributed by atoms with Crippen LogP contribution >= 0.6 is 11.8 Å². The molecule has 0 saturated carbocycles. The normalized spacial score (nSPS) is 12.3. The number of nitrogens with zero attached hydrogens (tertiary/aromatic N) is 1. The van der Waals surface area contributed by atoms with Crippen LogP contribution in [0, 0.1) is 0 Å². The van der Waals surface area contributed by atoms with E-state index < -0.39 is 0 Å². The van der Waals surface area contributed by atoms with Gasteiger partial charge in [-0.3, -0.25) is 4.79 Å². The maximum atomic E-state index is 12.5. The summed E-state index contributed by atoms with van der Waals surface area (Å²) in [5.74, 6) is 0.767. The Morgan fingerprint density at radius 2 is 1.77 bits per heavy atom. The lowest BCUT2D eigenvalue weighted by atomic mass is 10.0. The number of methoxy groups -OCH3 is 1. The maximum absolute atomic E-state index is 12.5. The monoisotopic (exact) mass is 372 g/mol. The molecular weight excluding hydrogens is 344 g/mol. The molecule has 0 aliphatic rings. The largest absolute Gasteiger partial charge is 0.496 e. The quantitative estimate of drug-likeness (QED) is 0.704. The highest BCUT2D eigenvalue weighted by Gasteiger charge is 2.19. The van der Waals surface area contributed by atoms with Crippen molar-refractivity contribution in [3.8, 4) is 5.75 Å². The molecule has 140 valence electrons. The van der Waals surface area contributed by atoms with Gasteiger partial charge in [-0.15, -0.1) is 11.8 Å². The minimum atomic E-state index is -0.0622. The van der Waals surface area contributed by atoms with Gasteiger partial charge in [-0.25, -0.2) is 0 Å². The van der Waals surface area contributed by atoms with Crippen LogP contribution < -0.4 is 10.1 Å². The molecule has 1 unspecified atom stereocenters. The van der Waals surface area contributed by atoms with E-state index in [1.165, 1.54) is 4.90 Å². The van der Waals surface area contributed by atoms with Gasteiger partial charge in [0.15, 0.2) is 0 Å². The van der Waals surface area contributed by atoms with E-state index in [1.807, 2.05) is 62.6 Å². The number of benzene rings is 2. The van der Waals surface area contributed by atoms with Gasteiger partial charge in [0.25, 0.3) is 5.91 Å². The molecule has 0 bridgehead atoms. The smallest absolute Gasteiger partial charge is 0.251 e. The maximum Gasteiger partial charge on any atom is 0.251 e. The van der Waals surface area contributed by atoms with E-state index in [-0.39, 0.29) is 11.9 Å². The lowest BCUT2D eigenvalue weighted by Gasteiger charge is -2.26. The highest BCUT2D eigenvalue weighted by molar-refractivity contribution is 7.99.